The average molecular weight is 368 g/mol. The van der Waals surface area contributed by atoms with E-state index in [1.165, 1.54) is 10.8 Å². The summed E-state index contributed by atoms with van der Waals surface area (Å²) >= 11 is 0. The zero-order chi connectivity index (χ0) is 19.2. The van der Waals surface area contributed by atoms with Gasteiger partial charge in [-0.25, -0.2) is 0 Å². The zero-order valence-corrected chi connectivity index (χ0v) is 16.1. The average Bonchev–Trinajstić information content (AvgIpc) is 2.68. The van der Waals surface area contributed by atoms with E-state index in [1.54, 1.807) is 0 Å². The van der Waals surface area contributed by atoms with Crippen molar-refractivity contribution in [2.24, 2.45) is 5.92 Å². The van der Waals surface area contributed by atoms with Crippen LogP contribution in [0.3, 0.4) is 0 Å². The Labute approximate surface area is 160 Å². The standard InChI is InChI=1S/C22H28N2O3/c1-3-27-22(26)18-10-12-24(13-11-18)15-21(25)23-16(2)19-9-8-17-6-4-5-7-20(17)14-19/h4-9,14,16,18H,3,10-13,15H2,1-2H3,(H,23,25). The smallest absolute Gasteiger partial charge is 0.309 e. The van der Waals surface area contributed by atoms with Crippen LogP contribution in [0.25, 0.3) is 10.8 Å². The van der Waals surface area contributed by atoms with Crippen LogP contribution in [0.15, 0.2) is 42.5 Å². The van der Waals surface area contributed by atoms with Gasteiger partial charge in [0.25, 0.3) is 0 Å². The number of fused-ring (bicyclic) bond motifs is 1. The molecule has 3 rings (SSSR count). The summed E-state index contributed by atoms with van der Waals surface area (Å²) in [6.45, 7) is 6.13. The molecule has 144 valence electrons. The second kappa shape index (κ2) is 9.00. The van der Waals surface area contributed by atoms with Gasteiger partial charge in [-0.3, -0.25) is 14.5 Å². The maximum atomic E-state index is 12.4. The summed E-state index contributed by atoms with van der Waals surface area (Å²) in [6, 6.07) is 14.5. The number of amides is 1. The van der Waals surface area contributed by atoms with Gasteiger partial charge in [-0.1, -0.05) is 36.4 Å². The molecule has 1 atom stereocenters. The second-order valence-electron chi connectivity index (χ2n) is 7.20. The number of carbonyl (C=O) groups excluding carboxylic acids is 2. The monoisotopic (exact) mass is 368 g/mol. The van der Waals surface area contributed by atoms with E-state index in [0.717, 1.165) is 31.5 Å². The van der Waals surface area contributed by atoms with Gasteiger partial charge in [0.1, 0.15) is 0 Å². The topological polar surface area (TPSA) is 58.6 Å². The minimum atomic E-state index is -0.105. The van der Waals surface area contributed by atoms with Gasteiger partial charge in [0.2, 0.25) is 5.91 Å². The summed E-state index contributed by atoms with van der Waals surface area (Å²) in [5, 5.41) is 5.47. The first kappa shape index (κ1) is 19.4. The van der Waals surface area contributed by atoms with Crippen LogP contribution in [0.2, 0.25) is 0 Å². The third kappa shape index (κ3) is 5.07. The SMILES string of the molecule is CCOC(=O)C1CCN(CC(=O)NC(C)c2ccc3ccccc3c2)CC1. The largest absolute Gasteiger partial charge is 0.466 e. The first-order valence-electron chi connectivity index (χ1n) is 9.74. The van der Waals surface area contributed by atoms with Gasteiger partial charge in [0, 0.05) is 0 Å². The number of hydrogen-bond acceptors (Lipinski definition) is 4. The zero-order valence-electron chi connectivity index (χ0n) is 16.1. The normalized spacial score (nSPS) is 16.8. The van der Waals surface area contributed by atoms with Crippen molar-refractivity contribution in [1.82, 2.24) is 10.2 Å². The summed E-state index contributed by atoms with van der Waals surface area (Å²) in [4.78, 5) is 26.3. The minimum absolute atomic E-state index is 0.0187. The molecule has 2 aromatic rings. The fourth-order valence-corrected chi connectivity index (χ4v) is 3.64. The highest BCUT2D eigenvalue weighted by atomic mass is 16.5. The molecule has 0 aliphatic carbocycles. The van der Waals surface area contributed by atoms with Crippen molar-refractivity contribution >= 4 is 22.6 Å². The van der Waals surface area contributed by atoms with Gasteiger partial charge in [0.05, 0.1) is 25.1 Å². The van der Waals surface area contributed by atoms with E-state index in [9.17, 15) is 9.59 Å². The summed E-state index contributed by atoms with van der Waals surface area (Å²) in [6.07, 6.45) is 1.51. The lowest BCUT2D eigenvalue weighted by Gasteiger charge is -2.30. The molecule has 27 heavy (non-hydrogen) atoms. The number of carbonyl (C=O) groups is 2. The Morgan fingerprint density at radius 3 is 2.56 bits per heavy atom. The van der Waals surface area contributed by atoms with Crippen LogP contribution in [0.5, 0.6) is 0 Å². The molecule has 1 aliphatic heterocycles. The Kier molecular flexibility index (Phi) is 6.45. The molecular weight excluding hydrogens is 340 g/mol. The molecule has 0 aromatic heterocycles. The van der Waals surface area contributed by atoms with Crippen LogP contribution in [-0.2, 0) is 14.3 Å². The van der Waals surface area contributed by atoms with E-state index in [-0.39, 0.29) is 23.8 Å². The Bertz CT molecular complexity index is 797. The van der Waals surface area contributed by atoms with E-state index in [1.807, 2.05) is 26.0 Å². The third-order valence-corrected chi connectivity index (χ3v) is 5.23. The van der Waals surface area contributed by atoms with E-state index < -0.39 is 0 Å². The van der Waals surface area contributed by atoms with Crippen LogP contribution in [0.4, 0.5) is 0 Å². The van der Waals surface area contributed by atoms with Gasteiger partial charge in [-0.05, 0) is 62.2 Å². The Morgan fingerprint density at radius 2 is 1.85 bits per heavy atom. The molecular formula is C22H28N2O3. The van der Waals surface area contributed by atoms with Crippen LogP contribution >= 0.6 is 0 Å². The lowest BCUT2D eigenvalue weighted by atomic mass is 9.97. The molecule has 1 aliphatic rings. The highest BCUT2D eigenvalue weighted by molar-refractivity contribution is 5.83. The quantitative estimate of drug-likeness (QED) is 0.795. The molecule has 1 fully saturated rings. The van der Waals surface area contributed by atoms with Gasteiger partial charge in [-0.15, -0.1) is 0 Å². The fraction of sp³-hybridized carbons (Fsp3) is 0.455. The van der Waals surface area contributed by atoms with Gasteiger partial charge < -0.3 is 10.1 Å². The Morgan fingerprint density at radius 1 is 1.15 bits per heavy atom. The van der Waals surface area contributed by atoms with E-state index in [2.05, 4.69) is 40.5 Å². The van der Waals surface area contributed by atoms with Crippen molar-refractivity contribution in [3.63, 3.8) is 0 Å². The molecule has 1 amide bonds. The van der Waals surface area contributed by atoms with Crippen LogP contribution in [-0.4, -0.2) is 43.0 Å². The van der Waals surface area contributed by atoms with Crippen molar-refractivity contribution in [3.05, 3.63) is 48.0 Å². The molecule has 0 saturated carbocycles. The molecule has 1 unspecified atom stereocenters. The number of esters is 1. The number of likely N-dealkylation sites (tertiary alicyclic amines) is 1. The highest BCUT2D eigenvalue weighted by Crippen LogP contribution is 2.21. The molecule has 5 nitrogen and oxygen atoms in total. The fourth-order valence-electron chi connectivity index (χ4n) is 3.64. The minimum Gasteiger partial charge on any atom is -0.466 e. The highest BCUT2D eigenvalue weighted by Gasteiger charge is 2.27. The molecule has 0 radical (unpaired) electrons. The van der Waals surface area contributed by atoms with Gasteiger partial charge in [0.15, 0.2) is 0 Å². The molecule has 0 bridgehead atoms. The summed E-state index contributed by atoms with van der Waals surface area (Å²) in [5.74, 6) is -0.113. The Balaban J connectivity index is 1.49. The molecule has 1 N–H and O–H groups in total. The molecule has 1 saturated heterocycles. The lowest BCUT2D eigenvalue weighted by molar-refractivity contribution is -0.149. The molecule has 1 heterocycles. The second-order valence-corrected chi connectivity index (χ2v) is 7.20. The van der Waals surface area contributed by atoms with E-state index >= 15 is 0 Å². The van der Waals surface area contributed by atoms with Crippen LogP contribution in [0.1, 0.15) is 38.3 Å². The first-order chi connectivity index (χ1) is 13.1. The van der Waals surface area contributed by atoms with E-state index in [0.29, 0.717) is 13.2 Å². The summed E-state index contributed by atoms with van der Waals surface area (Å²) in [7, 11) is 0. The molecule has 5 heteroatoms. The predicted molar refractivity (Wildman–Crippen MR) is 106 cm³/mol. The van der Waals surface area contributed by atoms with Gasteiger partial charge >= 0.3 is 5.97 Å². The van der Waals surface area contributed by atoms with Gasteiger partial charge in [-0.2, -0.15) is 0 Å². The number of nitrogens with one attached hydrogen (secondary N) is 1. The van der Waals surface area contributed by atoms with Crippen molar-refractivity contribution in [2.75, 3.05) is 26.2 Å². The number of ether oxygens (including phenoxy) is 1. The number of benzene rings is 2. The maximum Gasteiger partial charge on any atom is 0.309 e. The van der Waals surface area contributed by atoms with Crippen LogP contribution < -0.4 is 5.32 Å². The van der Waals surface area contributed by atoms with Crippen molar-refractivity contribution in [3.8, 4) is 0 Å². The summed E-state index contributed by atoms with van der Waals surface area (Å²) < 4.78 is 5.09. The Hall–Kier alpha value is -2.40. The first-order valence-corrected chi connectivity index (χ1v) is 9.74. The van der Waals surface area contributed by atoms with Crippen LogP contribution in [0, 0.1) is 5.92 Å². The predicted octanol–water partition coefficient (Wildman–Crippen LogP) is 3.29. The number of rotatable bonds is 6. The van der Waals surface area contributed by atoms with E-state index in [4.69, 9.17) is 4.74 Å². The summed E-state index contributed by atoms with van der Waals surface area (Å²) in [5.41, 5.74) is 1.10. The lowest BCUT2D eigenvalue weighted by Crippen LogP contribution is -2.43. The third-order valence-electron chi connectivity index (χ3n) is 5.23. The number of hydrogen-bond donors (Lipinski definition) is 1. The number of nitrogens with zero attached hydrogens (tertiary/aromatic N) is 1. The number of piperidine rings is 1. The maximum absolute atomic E-state index is 12.4. The molecule has 2 aromatic carbocycles. The molecule has 0 spiro atoms. The van der Waals surface area contributed by atoms with Crippen molar-refractivity contribution in [2.45, 2.75) is 32.7 Å². The van der Waals surface area contributed by atoms with Crippen molar-refractivity contribution in [1.29, 1.82) is 0 Å². The van der Waals surface area contributed by atoms with Crippen molar-refractivity contribution < 1.29 is 14.3 Å².